The summed E-state index contributed by atoms with van der Waals surface area (Å²) >= 11 is 0. The molecule has 0 saturated carbocycles. The van der Waals surface area contributed by atoms with E-state index in [1.807, 2.05) is 68.4 Å². The van der Waals surface area contributed by atoms with Gasteiger partial charge < -0.3 is 15.1 Å². The van der Waals surface area contributed by atoms with E-state index < -0.39 is 0 Å². The van der Waals surface area contributed by atoms with Crippen LogP contribution in [0.2, 0.25) is 0 Å². The lowest BCUT2D eigenvalue weighted by molar-refractivity contribution is 0.193. The third-order valence-electron chi connectivity index (χ3n) is 3.91. The summed E-state index contributed by atoms with van der Waals surface area (Å²) in [6, 6.07) is 13.7. The van der Waals surface area contributed by atoms with E-state index in [9.17, 15) is 4.79 Å². The maximum Gasteiger partial charge on any atom is 0.317 e. The molecule has 0 bridgehead atoms. The zero-order valence-corrected chi connectivity index (χ0v) is 14.2. The second-order valence-electron chi connectivity index (χ2n) is 5.76. The summed E-state index contributed by atoms with van der Waals surface area (Å²) in [5, 5.41) is 2.94. The van der Waals surface area contributed by atoms with E-state index in [2.05, 4.69) is 10.3 Å². The SMILES string of the molecule is CC(c1ccccn1)N(C)C(=O)NCc1ccc(N(C)C)cc1. The number of hydrogen-bond acceptors (Lipinski definition) is 3. The third-order valence-corrected chi connectivity index (χ3v) is 3.91. The first-order chi connectivity index (χ1) is 11.0. The van der Waals surface area contributed by atoms with Gasteiger partial charge in [0.15, 0.2) is 0 Å². The molecule has 5 heteroatoms. The molecule has 2 amide bonds. The average molecular weight is 312 g/mol. The van der Waals surface area contributed by atoms with Gasteiger partial charge in [0.25, 0.3) is 0 Å². The lowest BCUT2D eigenvalue weighted by atomic mass is 10.2. The van der Waals surface area contributed by atoms with Crippen molar-refractivity contribution in [1.29, 1.82) is 0 Å². The van der Waals surface area contributed by atoms with Gasteiger partial charge in [-0.3, -0.25) is 4.98 Å². The van der Waals surface area contributed by atoms with Crippen molar-refractivity contribution in [2.45, 2.75) is 19.5 Å². The largest absolute Gasteiger partial charge is 0.378 e. The van der Waals surface area contributed by atoms with Gasteiger partial charge in [0.1, 0.15) is 0 Å². The summed E-state index contributed by atoms with van der Waals surface area (Å²) in [6.45, 7) is 2.47. The highest BCUT2D eigenvalue weighted by Gasteiger charge is 2.17. The number of urea groups is 1. The highest BCUT2D eigenvalue weighted by molar-refractivity contribution is 5.74. The van der Waals surface area contributed by atoms with Crippen LogP contribution in [0, 0.1) is 0 Å². The first kappa shape index (κ1) is 16.8. The number of anilines is 1. The Kier molecular flexibility index (Phi) is 5.57. The topological polar surface area (TPSA) is 48.5 Å². The molecule has 1 N–H and O–H groups in total. The molecule has 0 aliphatic carbocycles. The van der Waals surface area contributed by atoms with Gasteiger partial charge in [-0.2, -0.15) is 0 Å². The smallest absolute Gasteiger partial charge is 0.317 e. The standard InChI is InChI=1S/C18H24N4O/c1-14(17-7-5-6-12-19-17)22(4)18(23)20-13-15-8-10-16(11-9-15)21(2)3/h5-12,14H,13H2,1-4H3,(H,20,23). The van der Waals surface area contributed by atoms with Gasteiger partial charge in [0, 0.05) is 39.6 Å². The van der Waals surface area contributed by atoms with Crippen LogP contribution < -0.4 is 10.2 Å². The van der Waals surface area contributed by atoms with Gasteiger partial charge in [0.2, 0.25) is 0 Å². The Morgan fingerprint density at radius 1 is 1.13 bits per heavy atom. The summed E-state index contributed by atoms with van der Waals surface area (Å²) in [5.74, 6) is 0. The lowest BCUT2D eigenvalue weighted by Crippen LogP contribution is -2.38. The zero-order chi connectivity index (χ0) is 16.8. The van der Waals surface area contributed by atoms with Crippen molar-refractivity contribution in [2.24, 2.45) is 0 Å². The van der Waals surface area contributed by atoms with Crippen molar-refractivity contribution in [1.82, 2.24) is 15.2 Å². The number of carbonyl (C=O) groups excluding carboxylic acids is 1. The van der Waals surface area contributed by atoms with Gasteiger partial charge in [-0.1, -0.05) is 18.2 Å². The maximum absolute atomic E-state index is 12.3. The van der Waals surface area contributed by atoms with E-state index in [-0.39, 0.29) is 12.1 Å². The first-order valence-electron chi connectivity index (χ1n) is 7.67. The predicted octanol–water partition coefficient (Wildman–Crippen LogP) is 3.05. The Morgan fingerprint density at radius 2 is 1.83 bits per heavy atom. The van der Waals surface area contributed by atoms with E-state index in [0.717, 1.165) is 16.9 Å². The highest BCUT2D eigenvalue weighted by atomic mass is 16.2. The fourth-order valence-corrected chi connectivity index (χ4v) is 2.21. The Bertz CT molecular complexity index is 625. The molecule has 0 saturated heterocycles. The number of nitrogens with zero attached hydrogens (tertiary/aromatic N) is 3. The van der Waals surface area contributed by atoms with Gasteiger partial charge in [-0.05, 0) is 36.8 Å². The van der Waals surface area contributed by atoms with Crippen LogP contribution in [-0.2, 0) is 6.54 Å². The second-order valence-corrected chi connectivity index (χ2v) is 5.76. The molecule has 0 fully saturated rings. The molecule has 0 spiro atoms. The molecular weight excluding hydrogens is 288 g/mol. The Hall–Kier alpha value is -2.56. The molecule has 23 heavy (non-hydrogen) atoms. The number of pyridine rings is 1. The van der Waals surface area contributed by atoms with Crippen molar-refractivity contribution in [3.63, 3.8) is 0 Å². The fourth-order valence-electron chi connectivity index (χ4n) is 2.21. The van der Waals surface area contributed by atoms with E-state index in [1.54, 1.807) is 18.1 Å². The van der Waals surface area contributed by atoms with E-state index in [0.29, 0.717) is 6.54 Å². The van der Waals surface area contributed by atoms with Crippen LogP contribution >= 0.6 is 0 Å². The predicted molar refractivity (Wildman–Crippen MR) is 93.4 cm³/mol. The molecule has 1 unspecified atom stereocenters. The Balaban J connectivity index is 1.91. The molecule has 2 aromatic rings. The molecule has 0 aliphatic heterocycles. The summed E-state index contributed by atoms with van der Waals surface area (Å²) in [4.78, 5) is 20.3. The molecule has 122 valence electrons. The fraction of sp³-hybridized carbons (Fsp3) is 0.333. The number of rotatable bonds is 5. The monoisotopic (exact) mass is 312 g/mol. The minimum atomic E-state index is -0.111. The highest BCUT2D eigenvalue weighted by Crippen LogP contribution is 2.16. The van der Waals surface area contributed by atoms with Gasteiger partial charge >= 0.3 is 6.03 Å². The van der Waals surface area contributed by atoms with E-state index in [1.165, 1.54) is 0 Å². The van der Waals surface area contributed by atoms with Crippen LogP contribution in [0.15, 0.2) is 48.7 Å². The van der Waals surface area contributed by atoms with Crippen molar-refractivity contribution in [2.75, 3.05) is 26.0 Å². The van der Waals surface area contributed by atoms with Crippen LogP contribution in [-0.4, -0.2) is 37.1 Å². The van der Waals surface area contributed by atoms with Crippen molar-refractivity contribution in [3.05, 3.63) is 59.9 Å². The van der Waals surface area contributed by atoms with Gasteiger partial charge in [0.05, 0.1) is 11.7 Å². The van der Waals surface area contributed by atoms with Crippen molar-refractivity contribution >= 4 is 11.7 Å². The summed E-state index contributed by atoms with van der Waals surface area (Å²) in [5.41, 5.74) is 3.09. The van der Waals surface area contributed by atoms with Crippen LogP contribution in [0.3, 0.4) is 0 Å². The molecule has 0 aliphatic rings. The number of aromatic nitrogens is 1. The molecule has 2 rings (SSSR count). The molecule has 5 nitrogen and oxygen atoms in total. The van der Waals surface area contributed by atoms with Crippen LogP contribution in [0.1, 0.15) is 24.2 Å². The van der Waals surface area contributed by atoms with Crippen LogP contribution in [0.4, 0.5) is 10.5 Å². The number of carbonyl (C=O) groups is 1. The van der Waals surface area contributed by atoms with Gasteiger partial charge in [-0.25, -0.2) is 4.79 Å². The lowest BCUT2D eigenvalue weighted by Gasteiger charge is -2.24. The number of nitrogens with one attached hydrogen (secondary N) is 1. The van der Waals surface area contributed by atoms with Crippen LogP contribution in [0.25, 0.3) is 0 Å². The minimum absolute atomic E-state index is 0.0766. The molecule has 1 aromatic heterocycles. The molecule has 1 heterocycles. The minimum Gasteiger partial charge on any atom is -0.378 e. The van der Waals surface area contributed by atoms with Crippen LogP contribution in [0.5, 0.6) is 0 Å². The van der Waals surface area contributed by atoms with Crippen molar-refractivity contribution in [3.8, 4) is 0 Å². The number of hydrogen-bond donors (Lipinski definition) is 1. The maximum atomic E-state index is 12.3. The van der Waals surface area contributed by atoms with E-state index >= 15 is 0 Å². The quantitative estimate of drug-likeness (QED) is 0.923. The Morgan fingerprint density at radius 3 is 2.39 bits per heavy atom. The molecular formula is C18H24N4O. The normalized spacial score (nSPS) is 11.7. The first-order valence-corrected chi connectivity index (χ1v) is 7.67. The van der Waals surface area contributed by atoms with Gasteiger partial charge in [-0.15, -0.1) is 0 Å². The summed E-state index contributed by atoms with van der Waals surface area (Å²) in [6.07, 6.45) is 1.74. The number of benzene rings is 1. The van der Waals surface area contributed by atoms with E-state index in [4.69, 9.17) is 0 Å². The Labute approximate surface area is 137 Å². The summed E-state index contributed by atoms with van der Waals surface area (Å²) < 4.78 is 0. The molecule has 1 aromatic carbocycles. The number of amides is 2. The third kappa shape index (κ3) is 4.45. The zero-order valence-electron chi connectivity index (χ0n) is 14.2. The molecule has 0 radical (unpaired) electrons. The van der Waals surface area contributed by atoms with Crippen molar-refractivity contribution < 1.29 is 4.79 Å². The summed E-state index contributed by atoms with van der Waals surface area (Å²) in [7, 11) is 5.79. The second kappa shape index (κ2) is 7.63. The molecule has 1 atom stereocenters. The average Bonchev–Trinajstić information content (AvgIpc) is 2.59.